The van der Waals surface area contributed by atoms with Crippen LogP contribution in [-0.4, -0.2) is 29.9 Å². The zero-order chi connectivity index (χ0) is 14.8. The van der Waals surface area contributed by atoms with E-state index in [4.69, 9.17) is 0 Å². The molecule has 2 aliphatic carbocycles. The number of allylic oxidation sites excluding steroid dienone is 1. The van der Waals surface area contributed by atoms with Gasteiger partial charge >= 0.3 is 0 Å². The van der Waals surface area contributed by atoms with Gasteiger partial charge in [-0.2, -0.15) is 0 Å². The summed E-state index contributed by atoms with van der Waals surface area (Å²) in [6, 6.07) is 8.47. The lowest BCUT2D eigenvalue weighted by Gasteiger charge is -2.41. The molecule has 3 atom stereocenters. The van der Waals surface area contributed by atoms with Crippen molar-refractivity contribution in [2.24, 2.45) is 11.8 Å². The van der Waals surface area contributed by atoms with E-state index in [2.05, 4.69) is 23.5 Å². The van der Waals surface area contributed by atoms with E-state index in [1.165, 1.54) is 12.8 Å². The molecule has 0 saturated heterocycles. The normalized spacial score (nSPS) is 26.1. The summed E-state index contributed by atoms with van der Waals surface area (Å²) < 4.78 is 0. The van der Waals surface area contributed by atoms with E-state index in [0.29, 0.717) is 12.0 Å². The second-order valence-corrected chi connectivity index (χ2v) is 6.05. The first-order valence-electron chi connectivity index (χ1n) is 8.05. The average molecular weight is 284 g/mol. The fraction of sp³-hybridized carbons (Fsp3) is 0.500. The highest BCUT2D eigenvalue weighted by molar-refractivity contribution is 5.95. The quantitative estimate of drug-likeness (QED) is 0.839. The minimum Gasteiger partial charge on any atom is -0.382 e. The van der Waals surface area contributed by atoms with Crippen molar-refractivity contribution in [1.82, 2.24) is 4.90 Å². The summed E-state index contributed by atoms with van der Waals surface area (Å²) in [6.07, 6.45) is 7.13. The summed E-state index contributed by atoms with van der Waals surface area (Å²) in [5.74, 6) is 1.66. The monoisotopic (exact) mass is 284 g/mol. The van der Waals surface area contributed by atoms with Crippen LogP contribution in [0.5, 0.6) is 0 Å². The molecule has 0 radical (unpaired) electrons. The Bertz CT molecular complexity index is 548. The van der Waals surface area contributed by atoms with Crippen LogP contribution in [0.4, 0.5) is 5.69 Å². The number of hydrogen-bond donors (Lipinski definition) is 1. The summed E-state index contributed by atoms with van der Waals surface area (Å²) in [6.45, 7) is 5.54. The Labute approximate surface area is 127 Å². The summed E-state index contributed by atoms with van der Waals surface area (Å²) in [7, 11) is 0. The topological polar surface area (TPSA) is 32.3 Å². The van der Waals surface area contributed by atoms with Gasteiger partial charge in [-0.25, -0.2) is 0 Å². The Kier molecular flexibility index (Phi) is 4.00. The number of fused-ring (bicyclic) bond motifs is 1. The molecule has 0 spiro atoms. The van der Waals surface area contributed by atoms with E-state index in [0.717, 1.165) is 30.3 Å². The first kappa shape index (κ1) is 14.2. The van der Waals surface area contributed by atoms with Gasteiger partial charge in [-0.05, 0) is 50.8 Å². The molecule has 3 heteroatoms. The number of amides is 1. The van der Waals surface area contributed by atoms with Gasteiger partial charge in [0.05, 0.1) is 0 Å². The third kappa shape index (κ3) is 2.69. The smallest absolute Gasteiger partial charge is 0.253 e. The molecule has 1 fully saturated rings. The number of rotatable bonds is 5. The number of anilines is 1. The van der Waals surface area contributed by atoms with Crippen LogP contribution in [0.25, 0.3) is 0 Å². The van der Waals surface area contributed by atoms with Crippen molar-refractivity contribution >= 4 is 11.6 Å². The van der Waals surface area contributed by atoms with Gasteiger partial charge in [-0.15, -0.1) is 0 Å². The number of benzene rings is 1. The second kappa shape index (κ2) is 5.92. The Balaban J connectivity index is 1.68. The molecule has 0 bridgehead atoms. The van der Waals surface area contributed by atoms with Crippen molar-refractivity contribution in [3.8, 4) is 0 Å². The molecule has 1 amide bonds. The van der Waals surface area contributed by atoms with Crippen LogP contribution < -0.4 is 5.32 Å². The minimum absolute atomic E-state index is 0.121. The van der Waals surface area contributed by atoms with Crippen LogP contribution in [0.1, 0.15) is 37.0 Å². The Morgan fingerprint density at radius 2 is 2.14 bits per heavy atom. The SMILES string of the molecule is CCN(CC)C(=O)c1cccc(NC2CC3CC=CC32)c1. The first-order chi connectivity index (χ1) is 10.2. The molecule has 21 heavy (non-hydrogen) atoms. The van der Waals surface area contributed by atoms with E-state index in [1.807, 2.05) is 36.9 Å². The van der Waals surface area contributed by atoms with Crippen molar-refractivity contribution < 1.29 is 4.79 Å². The van der Waals surface area contributed by atoms with Crippen molar-refractivity contribution in [2.75, 3.05) is 18.4 Å². The van der Waals surface area contributed by atoms with E-state index in [9.17, 15) is 4.79 Å². The third-order valence-electron chi connectivity index (χ3n) is 4.88. The lowest BCUT2D eigenvalue weighted by atomic mass is 9.71. The summed E-state index contributed by atoms with van der Waals surface area (Å²) in [5.41, 5.74) is 1.85. The highest BCUT2D eigenvalue weighted by Gasteiger charge is 2.40. The number of carbonyl (C=O) groups is 1. The minimum atomic E-state index is 0.121. The molecule has 1 aromatic rings. The highest BCUT2D eigenvalue weighted by atomic mass is 16.2. The standard InChI is InChI=1S/C18H24N2O/c1-3-20(4-2)18(21)14-8-5-9-15(11-14)19-17-12-13-7-6-10-16(13)17/h5-6,8-11,13,16-17,19H,3-4,7,12H2,1-2H3. The highest BCUT2D eigenvalue weighted by Crippen LogP contribution is 2.44. The number of hydrogen-bond acceptors (Lipinski definition) is 2. The maximum Gasteiger partial charge on any atom is 0.253 e. The van der Waals surface area contributed by atoms with E-state index in [1.54, 1.807) is 0 Å². The first-order valence-corrected chi connectivity index (χ1v) is 8.05. The molecule has 112 valence electrons. The van der Waals surface area contributed by atoms with Crippen molar-refractivity contribution in [3.05, 3.63) is 42.0 Å². The molecule has 3 nitrogen and oxygen atoms in total. The van der Waals surface area contributed by atoms with Gasteiger partial charge in [-0.3, -0.25) is 4.79 Å². The van der Waals surface area contributed by atoms with Gasteiger partial charge in [0.1, 0.15) is 0 Å². The lowest BCUT2D eigenvalue weighted by molar-refractivity contribution is 0.0773. The summed E-state index contributed by atoms with van der Waals surface area (Å²) in [4.78, 5) is 14.3. The zero-order valence-electron chi connectivity index (χ0n) is 12.9. The van der Waals surface area contributed by atoms with Crippen LogP contribution >= 0.6 is 0 Å². The van der Waals surface area contributed by atoms with Crippen molar-refractivity contribution in [2.45, 2.75) is 32.7 Å². The molecule has 0 aromatic heterocycles. The fourth-order valence-corrected chi connectivity index (χ4v) is 3.53. The van der Waals surface area contributed by atoms with E-state index >= 15 is 0 Å². The molecule has 0 heterocycles. The Morgan fingerprint density at radius 1 is 1.33 bits per heavy atom. The second-order valence-electron chi connectivity index (χ2n) is 6.05. The predicted octanol–water partition coefficient (Wildman–Crippen LogP) is 3.55. The maximum atomic E-state index is 12.4. The number of nitrogens with zero attached hydrogens (tertiary/aromatic N) is 1. The van der Waals surface area contributed by atoms with Crippen molar-refractivity contribution in [1.29, 1.82) is 0 Å². The van der Waals surface area contributed by atoms with Gasteiger partial charge in [0.2, 0.25) is 0 Å². The van der Waals surface area contributed by atoms with Crippen molar-refractivity contribution in [3.63, 3.8) is 0 Å². The summed E-state index contributed by atoms with van der Waals surface area (Å²) in [5, 5.41) is 3.60. The van der Waals surface area contributed by atoms with Crippen LogP contribution in [0.2, 0.25) is 0 Å². The lowest BCUT2D eigenvalue weighted by Crippen LogP contribution is -2.43. The molecule has 1 aromatic carbocycles. The largest absolute Gasteiger partial charge is 0.382 e. The van der Waals surface area contributed by atoms with Crippen LogP contribution in [0, 0.1) is 11.8 Å². The molecule has 3 rings (SSSR count). The predicted molar refractivity (Wildman–Crippen MR) is 86.5 cm³/mol. The van der Waals surface area contributed by atoms with Crippen LogP contribution in [0.3, 0.4) is 0 Å². The van der Waals surface area contributed by atoms with Crippen LogP contribution in [0.15, 0.2) is 36.4 Å². The third-order valence-corrected chi connectivity index (χ3v) is 4.88. The van der Waals surface area contributed by atoms with Gasteiger partial charge in [-0.1, -0.05) is 18.2 Å². The molecular weight excluding hydrogens is 260 g/mol. The number of nitrogens with one attached hydrogen (secondary N) is 1. The van der Waals surface area contributed by atoms with Gasteiger partial charge in [0.15, 0.2) is 0 Å². The Morgan fingerprint density at radius 3 is 2.86 bits per heavy atom. The van der Waals surface area contributed by atoms with Gasteiger partial charge in [0.25, 0.3) is 5.91 Å². The maximum absolute atomic E-state index is 12.4. The average Bonchev–Trinajstić information content (AvgIpc) is 2.87. The molecule has 3 unspecified atom stereocenters. The fourth-order valence-electron chi connectivity index (χ4n) is 3.53. The Hall–Kier alpha value is -1.77. The summed E-state index contributed by atoms with van der Waals surface area (Å²) >= 11 is 0. The molecular formula is C18H24N2O. The van der Waals surface area contributed by atoms with E-state index < -0.39 is 0 Å². The number of carbonyl (C=O) groups excluding carboxylic acids is 1. The van der Waals surface area contributed by atoms with Gasteiger partial charge in [0, 0.05) is 36.3 Å². The van der Waals surface area contributed by atoms with E-state index in [-0.39, 0.29) is 5.91 Å². The zero-order valence-corrected chi connectivity index (χ0v) is 12.9. The van der Waals surface area contributed by atoms with Crippen LogP contribution in [-0.2, 0) is 0 Å². The molecule has 0 aliphatic heterocycles. The van der Waals surface area contributed by atoms with Gasteiger partial charge < -0.3 is 10.2 Å². The molecule has 1 N–H and O–H groups in total. The molecule has 2 aliphatic rings. The molecule has 1 saturated carbocycles.